The van der Waals surface area contributed by atoms with E-state index in [-0.39, 0.29) is 0 Å². The molecule has 1 aromatic carbocycles. The van der Waals surface area contributed by atoms with Gasteiger partial charge in [0, 0.05) is 23.3 Å². The molecule has 0 aliphatic rings. The Labute approximate surface area is 138 Å². The summed E-state index contributed by atoms with van der Waals surface area (Å²) in [5.41, 5.74) is 8.75. The van der Waals surface area contributed by atoms with Crippen LogP contribution in [0.2, 0.25) is 0 Å². The van der Waals surface area contributed by atoms with E-state index in [0.717, 1.165) is 33.1 Å². The van der Waals surface area contributed by atoms with Crippen LogP contribution in [0.3, 0.4) is 0 Å². The van der Waals surface area contributed by atoms with E-state index >= 15 is 0 Å². The van der Waals surface area contributed by atoms with Crippen molar-refractivity contribution in [2.75, 3.05) is 5.73 Å². The van der Waals surface area contributed by atoms with Crippen LogP contribution in [0.15, 0.2) is 36.7 Å². The van der Waals surface area contributed by atoms with Crippen molar-refractivity contribution in [3.05, 3.63) is 36.7 Å². The number of hydrogen-bond donors (Lipinski definition) is 3. The van der Waals surface area contributed by atoms with Gasteiger partial charge in [0.2, 0.25) is 0 Å². The Morgan fingerprint density at radius 3 is 2.79 bits per heavy atom. The molecule has 0 fully saturated rings. The fourth-order valence-electron chi connectivity index (χ4n) is 2.88. The first-order valence-corrected chi connectivity index (χ1v) is 7.69. The molecule has 122 valence electrons. The van der Waals surface area contributed by atoms with Crippen LogP contribution in [0.4, 0.5) is 5.82 Å². The standard InChI is InChI=1S/C17H18N6O/c1-17(2,24)9-23-8-12-15(22-23)11-4-3-10(13-5-6-19-21-13)7-14(11)20-16(12)18/h3-8,24H,9H2,1-2H3,(H2,18,20)(H,19,21). The van der Waals surface area contributed by atoms with Gasteiger partial charge < -0.3 is 10.8 Å². The van der Waals surface area contributed by atoms with Crippen molar-refractivity contribution in [2.24, 2.45) is 0 Å². The molecule has 7 nitrogen and oxygen atoms in total. The minimum atomic E-state index is -0.853. The van der Waals surface area contributed by atoms with E-state index in [0.29, 0.717) is 12.4 Å². The highest BCUT2D eigenvalue weighted by atomic mass is 16.3. The molecule has 0 spiro atoms. The van der Waals surface area contributed by atoms with Crippen LogP contribution >= 0.6 is 0 Å². The lowest BCUT2D eigenvalue weighted by molar-refractivity contribution is 0.0580. The third-order valence-electron chi connectivity index (χ3n) is 3.89. The van der Waals surface area contributed by atoms with Gasteiger partial charge in [-0.15, -0.1) is 0 Å². The van der Waals surface area contributed by atoms with Gasteiger partial charge in [-0.05, 0) is 32.0 Å². The van der Waals surface area contributed by atoms with Crippen LogP contribution in [0.25, 0.3) is 33.1 Å². The molecule has 0 bridgehead atoms. The largest absolute Gasteiger partial charge is 0.389 e. The van der Waals surface area contributed by atoms with E-state index in [4.69, 9.17) is 5.73 Å². The summed E-state index contributed by atoms with van der Waals surface area (Å²) in [4.78, 5) is 4.51. The zero-order chi connectivity index (χ0) is 16.9. The summed E-state index contributed by atoms with van der Waals surface area (Å²) >= 11 is 0. The number of pyridine rings is 1. The summed E-state index contributed by atoms with van der Waals surface area (Å²) in [5.74, 6) is 0.432. The van der Waals surface area contributed by atoms with Crippen molar-refractivity contribution in [2.45, 2.75) is 26.0 Å². The van der Waals surface area contributed by atoms with E-state index < -0.39 is 5.60 Å². The average molecular weight is 322 g/mol. The lowest BCUT2D eigenvalue weighted by Crippen LogP contribution is -2.26. The molecule has 0 atom stereocenters. The van der Waals surface area contributed by atoms with Gasteiger partial charge in [-0.1, -0.05) is 6.07 Å². The van der Waals surface area contributed by atoms with Crippen molar-refractivity contribution < 1.29 is 5.11 Å². The molecular formula is C17H18N6O. The molecule has 0 saturated carbocycles. The second-order valence-electron chi connectivity index (χ2n) is 6.60. The molecule has 4 N–H and O–H groups in total. The Morgan fingerprint density at radius 1 is 1.25 bits per heavy atom. The molecule has 0 aliphatic heterocycles. The molecule has 24 heavy (non-hydrogen) atoms. The van der Waals surface area contributed by atoms with Gasteiger partial charge >= 0.3 is 0 Å². The van der Waals surface area contributed by atoms with E-state index in [1.807, 2.05) is 30.5 Å². The highest BCUT2D eigenvalue weighted by Gasteiger charge is 2.17. The van der Waals surface area contributed by atoms with Gasteiger partial charge in [0.15, 0.2) is 0 Å². The summed E-state index contributed by atoms with van der Waals surface area (Å²) in [7, 11) is 0. The van der Waals surface area contributed by atoms with Crippen LogP contribution < -0.4 is 5.73 Å². The van der Waals surface area contributed by atoms with Crippen LogP contribution in [-0.2, 0) is 6.54 Å². The molecule has 0 saturated heterocycles. The number of nitrogens with one attached hydrogen (secondary N) is 1. The summed E-state index contributed by atoms with van der Waals surface area (Å²) in [6, 6.07) is 7.86. The van der Waals surface area contributed by atoms with Gasteiger partial charge in [-0.25, -0.2) is 4.98 Å². The Hall–Kier alpha value is -2.93. The maximum atomic E-state index is 10.0. The van der Waals surface area contributed by atoms with E-state index in [9.17, 15) is 5.11 Å². The number of benzene rings is 1. The molecular weight excluding hydrogens is 304 g/mol. The number of nitrogens with two attached hydrogens (primary N) is 1. The minimum Gasteiger partial charge on any atom is -0.389 e. The SMILES string of the molecule is CC(C)(O)Cn1cc2c(N)nc3cc(-c4ccn[nH]4)ccc3c2n1. The Kier molecular flexibility index (Phi) is 3.07. The first-order chi connectivity index (χ1) is 11.4. The Balaban J connectivity index is 1.90. The van der Waals surface area contributed by atoms with Gasteiger partial charge in [-0.3, -0.25) is 9.78 Å². The molecule has 7 heteroatoms. The number of aromatic nitrogens is 5. The molecule has 0 aliphatic carbocycles. The number of fused-ring (bicyclic) bond motifs is 3. The van der Waals surface area contributed by atoms with E-state index in [2.05, 4.69) is 20.3 Å². The average Bonchev–Trinajstić information content (AvgIpc) is 3.14. The smallest absolute Gasteiger partial charge is 0.135 e. The maximum absolute atomic E-state index is 10.0. The summed E-state index contributed by atoms with van der Waals surface area (Å²) < 4.78 is 1.71. The van der Waals surface area contributed by atoms with Crippen molar-refractivity contribution in [1.82, 2.24) is 25.0 Å². The van der Waals surface area contributed by atoms with Gasteiger partial charge in [0.25, 0.3) is 0 Å². The summed E-state index contributed by atoms with van der Waals surface area (Å²) in [6.45, 7) is 3.88. The quantitative estimate of drug-likeness (QED) is 0.537. The first kappa shape index (κ1) is 14.6. The van der Waals surface area contributed by atoms with Crippen LogP contribution in [0.1, 0.15) is 13.8 Å². The van der Waals surface area contributed by atoms with Crippen LogP contribution in [0.5, 0.6) is 0 Å². The number of aromatic amines is 1. The third-order valence-corrected chi connectivity index (χ3v) is 3.89. The van der Waals surface area contributed by atoms with Gasteiger partial charge in [0.05, 0.1) is 28.7 Å². The lowest BCUT2D eigenvalue weighted by atomic mass is 10.1. The zero-order valence-electron chi connectivity index (χ0n) is 13.5. The van der Waals surface area contributed by atoms with Crippen molar-refractivity contribution in [3.8, 4) is 11.3 Å². The number of H-pyrrole nitrogens is 1. The number of aliphatic hydroxyl groups is 1. The van der Waals surface area contributed by atoms with Crippen molar-refractivity contribution >= 4 is 27.6 Å². The molecule has 0 unspecified atom stereocenters. The van der Waals surface area contributed by atoms with E-state index in [1.165, 1.54) is 0 Å². The summed E-state index contributed by atoms with van der Waals surface area (Å²) in [5, 5.41) is 23.2. The van der Waals surface area contributed by atoms with Crippen LogP contribution in [0, 0.1) is 0 Å². The number of nitrogen functional groups attached to an aromatic ring is 1. The van der Waals surface area contributed by atoms with Crippen molar-refractivity contribution in [1.29, 1.82) is 0 Å². The molecule has 3 heterocycles. The molecule has 4 aromatic rings. The predicted molar refractivity (Wildman–Crippen MR) is 93.3 cm³/mol. The number of hydrogen-bond acceptors (Lipinski definition) is 5. The van der Waals surface area contributed by atoms with Gasteiger partial charge in [0.1, 0.15) is 11.3 Å². The minimum absolute atomic E-state index is 0.384. The number of rotatable bonds is 3. The maximum Gasteiger partial charge on any atom is 0.135 e. The normalized spacial score (nSPS) is 12.3. The van der Waals surface area contributed by atoms with E-state index in [1.54, 1.807) is 24.7 Å². The fraction of sp³-hybridized carbons (Fsp3) is 0.235. The molecule has 3 aromatic heterocycles. The zero-order valence-corrected chi connectivity index (χ0v) is 13.5. The fourth-order valence-corrected chi connectivity index (χ4v) is 2.88. The second kappa shape index (κ2) is 5.04. The molecule has 0 amide bonds. The molecule has 4 rings (SSSR count). The highest BCUT2D eigenvalue weighted by Crippen LogP contribution is 2.30. The van der Waals surface area contributed by atoms with Crippen molar-refractivity contribution in [3.63, 3.8) is 0 Å². The summed E-state index contributed by atoms with van der Waals surface area (Å²) in [6.07, 6.45) is 3.54. The Morgan fingerprint density at radius 2 is 2.08 bits per heavy atom. The topological polar surface area (TPSA) is 106 Å². The second-order valence-corrected chi connectivity index (χ2v) is 6.60. The Bertz CT molecular complexity index is 1030. The van der Waals surface area contributed by atoms with Crippen LogP contribution in [-0.4, -0.2) is 35.7 Å². The first-order valence-electron chi connectivity index (χ1n) is 7.69. The monoisotopic (exact) mass is 322 g/mol. The number of nitrogens with zero attached hydrogens (tertiary/aromatic N) is 4. The molecule has 0 radical (unpaired) electrons. The predicted octanol–water partition coefficient (Wildman–Crippen LogP) is 2.33. The highest BCUT2D eigenvalue weighted by molar-refractivity contribution is 6.08. The van der Waals surface area contributed by atoms with Gasteiger partial charge in [-0.2, -0.15) is 10.2 Å². The number of anilines is 1. The lowest BCUT2D eigenvalue weighted by Gasteiger charge is -2.16. The third kappa shape index (κ3) is 2.48.